The summed E-state index contributed by atoms with van der Waals surface area (Å²) >= 11 is 0. The predicted octanol–water partition coefficient (Wildman–Crippen LogP) is 2.36. The number of aryl methyl sites for hydroxylation is 2. The highest BCUT2D eigenvalue weighted by atomic mass is 32.2. The quantitative estimate of drug-likeness (QED) is 0.694. The van der Waals surface area contributed by atoms with Gasteiger partial charge in [-0.3, -0.25) is 9.89 Å². The fraction of sp³-hybridized carbons (Fsp3) is 0.524. The second-order valence-electron chi connectivity index (χ2n) is 7.34. The predicted molar refractivity (Wildman–Crippen MR) is 116 cm³/mol. The summed E-state index contributed by atoms with van der Waals surface area (Å²) in [5, 5.41) is 6.74. The van der Waals surface area contributed by atoms with Gasteiger partial charge in [0.2, 0.25) is 10.0 Å². The Hall–Kier alpha value is -2.59. The zero-order valence-electron chi connectivity index (χ0n) is 18.5. The summed E-state index contributed by atoms with van der Waals surface area (Å²) < 4.78 is 38.9. The molecule has 0 unspecified atom stereocenters. The van der Waals surface area contributed by atoms with Gasteiger partial charge in [0.05, 0.1) is 24.6 Å². The number of H-pyrrole nitrogens is 1. The first-order chi connectivity index (χ1) is 14.8. The Kier molecular flexibility index (Phi) is 7.22. The highest BCUT2D eigenvalue weighted by molar-refractivity contribution is 7.89. The molecule has 2 aromatic rings. The molecule has 1 amide bonds. The van der Waals surface area contributed by atoms with Crippen LogP contribution in [0.25, 0.3) is 0 Å². The van der Waals surface area contributed by atoms with E-state index in [1.165, 1.54) is 4.31 Å². The average Bonchev–Trinajstić information content (AvgIpc) is 2.93. The van der Waals surface area contributed by atoms with Gasteiger partial charge in [0, 0.05) is 31.7 Å². The molecule has 0 radical (unpaired) electrons. The van der Waals surface area contributed by atoms with E-state index in [4.69, 9.17) is 9.47 Å². The highest BCUT2D eigenvalue weighted by Crippen LogP contribution is 2.29. The maximum atomic E-state index is 13.1. The first-order valence-electron chi connectivity index (χ1n) is 10.5. The van der Waals surface area contributed by atoms with Gasteiger partial charge in [0.1, 0.15) is 4.90 Å². The number of amides is 1. The van der Waals surface area contributed by atoms with Crippen LogP contribution in [-0.4, -0.2) is 73.1 Å². The van der Waals surface area contributed by atoms with E-state index >= 15 is 0 Å². The number of aromatic amines is 1. The molecule has 1 aliphatic heterocycles. The van der Waals surface area contributed by atoms with Crippen LogP contribution < -0.4 is 9.47 Å². The van der Waals surface area contributed by atoms with Crippen LogP contribution in [0.3, 0.4) is 0 Å². The number of aromatic nitrogens is 2. The van der Waals surface area contributed by atoms with Crippen molar-refractivity contribution in [2.45, 2.75) is 39.0 Å². The zero-order chi connectivity index (χ0) is 22.6. The molecule has 10 heteroatoms. The average molecular weight is 451 g/mol. The van der Waals surface area contributed by atoms with Crippen LogP contribution in [0.4, 0.5) is 0 Å². The minimum absolute atomic E-state index is 0.154. The first-order valence-corrected chi connectivity index (χ1v) is 11.9. The van der Waals surface area contributed by atoms with Gasteiger partial charge >= 0.3 is 0 Å². The molecular formula is C21H30N4O5S. The zero-order valence-corrected chi connectivity index (χ0v) is 19.3. The molecule has 1 aromatic carbocycles. The van der Waals surface area contributed by atoms with E-state index in [1.807, 2.05) is 13.8 Å². The van der Waals surface area contributed by atoms with Gasteiger partial charge in [-0.15, -0.1) is 0 Å². The van der Waals surface area contributed by atoms with Gasteiger partial charge in [0.15, 0.2) is 11.5 Å². The molecular weight excluding hydrogens is 420 g/mol. The summed E-state index contributed by atoms with van der Waals surface area (Å²) in [6.07, 6.45) is 0.552. The van der Waals surface area contributed by atoms with Gasteiger partial charge in [-0.2, -0.15) is 9.40 Å². The Morgan fingerprint density at radius 2 is 1.77 bits per heavy atom. The number of nitrogens with one attached hydrogen (secondary N) is 1. The molecule has 1 aromatic heterocycles. The first kappa shape index (κ1) is 23.1. The summed E-state index contributed by atoms with van der Waals surface area (Å²) in [6.45, 7) is 9.46. The van der Waals surface area contributed by atoms with E-state index in [-0.39, 0.29) is 17.3 Å². The van der Waals surface area contributed by atoms with Gasteiger partial charge in [-0.1, -0.05) is 0 Å². The number of benzene rings is 1. The van der Waals surface area contributed by atoms with Gasteiger partial charge in [-0.25, -0.2) is 8.42 Å². The number of sulfonamides is 1. The van der Waals surface area contributed by atoms with E-state index in [0.717, 1.165) is 0 Å². The number of carbonyl (C=O) groups is 1. The number of hydrogen-bond acceptors (Lipinski definition) is 6. The largest absolute Gasteiger partial charge is 0.490 e. The Balaban J connectivity index is 1.76. The minimum atomic E-state index is -3.68. The van der Waals surface area contributed by atoms with E-state index in [2.05, 4.69) is 10.2 Å². The van der Waals surface area contributed by atoms with Crippen molar-refractivity contribution in [3.63, 3.8) is 0 Å². The molecule has 0 bridgehead atoms. The van der Waals surface area contributed by atoms with Crippen LogP contribution in [0.2, 0.25) is 0 Å². The lowest BCUT2D eigenvalue weighted by Gasteiger charge is -2.22. The molecule has 2 heterocycles. The smallest absolute Gasteiger partial charge is 0.254 e. The normalized spacial score (nSPS) is 15.5. The maximum absolute atomic E-state index is 13.1. The van der Waals surface area contributed by atoms with Gasteiger partial charge < -0.3 is 14.4 Å². The van der Waals surface area contributed by atoms with Gasteiger partial charge in [0.25, 0.3) is 5.91 Å². The summed E-state index contributed by atoms with van der Waals surface area (Å²) in [7, 11) is -3.68. The topological polar surface area (TPSA) is 105 Å². The fourth-order valence-corrected chi connectivity index (χ4v) is 5.55. The van der Waals surface area contributed by atoms with Crippen LogP contribution in [0, 0.1) is 13.8 Å². The highest BCUT2D eigenvalue weighted by Gasteiger charge is 2.32. The Morgan fingerprint density at radius 1 is 1.06 bits per heavy atom. The van der Waals surface area contributed by atoms with E-state index < -0.39 is 10.0 Å². The number of carbonyl (C=O) groups excluding carboxylic acids is 1. The summed E-state index contributed by atoms with van der Waals surface area (Å²) in [4.78, 5) is 15.0. The standard InChI is InChI=1S/C21H30N4O5S/c1-5-29-18-9-8-17(14-19(18)30-6-2)21(26)24-10-7-11-25(13-12-24)31(27,28)20-15(3)22-23-16(20)4/h8-9,14H,5-7,10-13H2,1-4H3,(H,22,23). The molecule has 0 aliphatic carbocycles. The lowest BCUT2D eigenvalue weighted by Crippen LogP contribution is -2.37. The van der Waals surface area contributed by atoms with Crippen molar-refractivity contribution in [2.24, 2.45) is 0 Å². The van der Waals surface area contributed by atoms with Crippen molar-refractivity contribution in [2.75, 3.05) is 39.4 Å². The van der Waals surface area contributed by atoms with Crippen LogP contribution >= 0.6 is 0 Å². The summed E-state index contributed by atoms with van der Waals surface area (Å²) in [6, 6.07) is 5.14. The molecule has 1 saturated heterocycles. The fourth-order valence-electron chi connectivity index (χ4n) is 3.75. The molecule has 31 heavy (non-hydrogen) atoms. The van der Waals surface area contributed by atoms with Gasteiger partial charge in [-0.05, 0) is 52.3 Å². The van der Waals surface area contributed by atoms with Crippen LogP contribution in [0.1, 0.15) is 42.0 Å². The third kappa shape index (κ3) is 4.85. The molecule has 170 valence electrons. The van der Waals surface area contributed by atoms with Crippen LogP contribution in [0.15, 0.2) is 23.1 Å². The van der Waals surface area contributed by atoms with Crippen molar-refractivity contribution in [1.29, 1.82) is 0 Å². The second-order valence-corrected chi connectivity index (χ2v) is 9.22. The minimum Gasteiger partial charge on any atom is -0.490 e. The van der Waals surface area contributed by atoms with E-state index in [1.54, 1.807) is 36.9 Å². The number of rotatable bonds is 7. The molecule has 1 aliphatic rings. The molecule has 0 atom stereocenters. The molecule has 0 saturated carbocycles. The number of ether oxygens (including phenoxy) is 2. The van der Waals surface area contributed by atoms with Crippen molar-refractivity contribution >= 4 is 15.9 Å². The number of hydrogen-bond donors (Lipinski definition) is 1. The Morgan fingerprint density at radius 3 is 2.42 bits per heavy atom. The van der Waals surface area contributed by atoms with Crippen LogP contribution in [0.5, 0.6) is 11.5 Å². The van der Waals surface area contributed by atoms with Crippen LogP contribution in [-0.2, 0) is 10.0 Å². The lowest BCUT2D eigenvalue weighted by molar-refractivity contribution is 0.0763. The molecule has 3 rings (SSSR count). The summed E-state index contributed by atoms with van der Waals surface area (Å²) in [5.74, 6) is 0.971. The van der Waals surface area contributed by atoms with E-state index in [9.17, 15) is 13.2 Å². The third-order valence-electron chi connectivity index (χ3n) is 5.19. The Labute approximate surface area is 183 Å². The summed E-state index contributed by atoms with van der Waals surface area (Å²) in [5.41, 5.74) is 1.46. The van der Waals surface area contributed by atoms with Crippen molar-refractivity contribution in [3.05, 3.63) is 35.2 Å². The van der Waals surface area contributed by atoms with Crippen molar-refractivity contribution < 1.29 is 22.7 Å². The second kappa shape index (κ2) is 9.69. The van der Waals surface area contributed by atoms with E-state index in [0.29, 0.717) is 67.7 Å². The molecule has 0 spiro atoms. The maximum Gasteiger partial charge on any atom is 0.254 e. The van der Waals surface area contributed by atoms with Crippen molar-refractivity contribution in [1.82, 2.24) is 19.4 Å². The SMILES string of the molecule is CCOc1ccc(C(=O)N2CCCN(S(=O)(=O)c3c(C)n[nH]c3C)CC2)cc1OCC. The molecule has 1 N–H and O–H groups in total. The Bertz CT molecular complexity index is 1010. The molecule has 9 nitrogen and oxygen atoms in total. The molecule has 1 fully saturated rings. The number of nitrogens with zero attached hydrogens (tertiary/aromatic N) is 3. The van der Waals surface area contributed by atoms with Crippen molar-refractivity contribution in [3.8, 4) is 11.5 Å². The third-order valence-corrected chi connectivity index (χ3v) is 7.35. The lowest BCUT2D eigenvalue weighted by atomic mass is 10.1. The monoisotopic (exact) mass is 450 g/mol.